The van der Waals surface area contributed by atoms with Gasteiger partial charge in [0.05, 0.1) is 47.3 Å². The fourth-order valence-corrected chi connectivity index (χ4v) is 9.47. The van der Waals surface area contributed by atoms with Gasteiger partial charge in [-0.3, -0.25) is 0 Å². The van der Waals surface area contributed by atoms with Crippen molar-refractivity contribution in [3.05, 3.63) is 103 Å². The van der Waals surface area contributed by atoms with E-state index in [0.717, 1.165) is 66.4 Å². The maximum absolute atomic E-state index is 13.7. The number of aliphatic hydroxyl groups is 1. The van der Waals surface area contributed by atoms with E-state index in [-0.39, 0.29) is 48.0 Å². The summed E-state index contributed by atoms with van der Waals surface area (Å²) in [6.45, 7) is 24.4. The number of ether oxygens (including phenoxy) is 3. The molecular formula is C52H74F4N6O6S2. The molecule has 3 fully saturated rings. The van der Waals surface area contributed by atoms with Gasteiger partial charge in [0.2, 0.25) is 0 Å². The molecule has 2 saturated carbocycles. The SMILES string of the molecule is CC(C)(C)Cc1csc(C2(N)CC2)n1.CC(C)(C)Cc1csc(C2(NCC(O)C(Cc3cc(F)cc(F)c3)NC(=O)OC(C)(C)C)CC2)n1.CC(C)(C)OC(=O)NC(Cc1cc(F)cc(F)c1)C1CO1. The Morgan fingerprint density at radius 2 is 1.14 bits per heavy atom. The van der Waals surface area contributed by atoms with E-state index in [0.29, 0.717) is 23.1 Å². The monoisotopic (exact) mass is 1020 g/mol. The largest absolute Gasteiger partial charge is 0.444 e. The molecule has 1 saturated heterocycles. The number of rotatable bonds is 15. The Hall–Kier alpha value is -4.20. The van der Waals surface area contributed by atoms with Crippen LogP contribution in [0, 0.1) is 34.1 Å². The van der Waals surface area contributed by atoms with Crippen LogP contribution in [0.15, 0.2) is 47.2 Å². The summed E-state index contributed by atoms with van der Waals surface area (Å²) in [6.07, 6.45) is 3.81. The van der Waals surface area contributed by atoms with Crippen LogP contribution in [0.3, 0.4) is 0 Å². The Morgan fingerprint density at radius 1 is 0.714 bits per heavy atom. The zero-order valence-corrected chi connectivity index (χ0v) is 44.4. The Kier molecular flexibility index (Phi) is 18.4. The van der Waals surface area contributed by atoms with Crippen LogP contribution in [0.2, 0.25) is 0 Å². The maximum Gasteiger partial charge on any atom is 0.407 e. The Labute approximate surface area is 419 Å². The van der Waals surface area contributed by atoms with Crippen LogP contribution in [0.1, 0.15) is 141 Å². The highest BCUT2D eigenvalue weighted by Crippen LogP contribution is 2.47. The number of carbonyl (C=O) groups excluding carboxylic acids is 2. The fourth-order valence-electron chi connectivity index (χ4n) is 7.42. The van der Waals surface area contributed by atoms with Crippen molar-refractivity contribution in [3.8, 4) is 0 Å². The first-order valence-corrected chi connectivity index (χ1v) is 25.6. The molecule has 18 heteroatoms. The molecule has 0 spiro atoms. The van der Waals surface area contributed by atoms with Gasteiger partial charge in [0.1, 0.15) is 50.6 Å². The van der Waals surface area contributed by atoms with E-state index in [1.807, 2.05) is 0 Å². The number of nitrogens with one attached hydrogen (secondary N) is 3. The number of halogens is 4. The van der Waals surface area contributed by atoms with Crippen LogP contribution in [0.25, 0.3) is 0 Å². The summed E-state index contributed by atoms with van der Waals surface area (Å²) in [6, 6.07) is 5.29. The third kappa shape index (κ3) is 19.8. The number of nitrogens with zero attached hydrogens (tertiary/aromatic N) is 2. The molecule has 3 heterocycles. The lowest BCUT2D eigenvalue weighted by Crippen LogP contribution is -2.51. The number of amides is 2. The highest BCUT2D eigenvalue weighted by Gasteiger charge is 2.47. The van der Waals surface area contributed by atoms with Gasteiger partial charge in [0.25, 0.3) is 0 Å². The lowest BCUT2D eigenvalue weighted by molar-refractivity contribution is 0.0417. The van der Waals surface area contributed by atoms with Crippen molar-refractivity contribution in [2.45, 2.75) is 181 Å². The molecule has 6 N–H and O–H groups in total. The molecule has 3 aliphatic rings. The van der Waals surface area contributed by atoms with Gasteiger partial charge in [-0.1, -0.05) is 41.5 Å². The minimum atomic E-state index is -1.03. The van der Waals surface area contributed by atoms with E-state index < -0.39 is 58.8 Å². The molecule has 2 aromatic heterocycles. The molecule has 2 aliphatic carbocycles. The normalized spacial score (nSPS) is 18.2. The van der Waals surface area contributed by atoms with Gasteiger partial charge in [-0.2, -0.15) is 0 Å². The van der Waals surface area contributed by atoms with E-state index in [1.165, 1.54) is 30.0 Å². The third-order valence-electron chi connectivity index (χ3n) is 11.0. The summed E-state index contributed by atoms with van der Waals surface area (Å²) in [5.41, 5.74) is 7.93. The smallest absolute Gasteiger partial charge is 0.407 e. The van der Waals surface area contributed by atoms with Crippen molar-refractivity contribution in [3.63, 3.8) is 0 Å². The van der Waals surface area contributed by atoms with E-state index in [2.05, 4.69) is 73.2 Å². The number of aromatic nitrogens is 2. The molecule has 0 bridgehead atoms. The number of thiazole rings is 2. The minimum absolute atomic E-state index is 0.0384. The molecule has 0 radical (unpaired) electrons. The number of hydrogen-bond donors (Lipinski definition) is 5. The number of carbonyl (C=O) groups is 2. The number of benzene rings is 2. The van der Waals surface area contributed by atoms with Crippen molar-refractivity contribution in [1.29, 1.82) is 0 Å². The molecule has 2 amide bonds. The Balaban J connectivity index is 0.000000219. The van der Waals surface area contributed by atoms with E-state index in [9.17, 15) is 32.3 Å². The first-order valence-electron chi connectivity index (χ1n) is 23.9. The van der Waals surface area contributed by atoms with Crippen molar-refractivity contribution in [1.82, 2.24) is 25.9 Å². The summed E-state index contributed by atoms with van der Waals surface area (Å²) in [7, 11) is 0. The maximum atomic E-state index is 13.7. The van der Waals surface area contributed by atoms with Crippen molar-refractivity contribution >= 4 is 34.9 Å². The first-order chi connectivity index (χ1) is 32.3. The number of alkyl carbamates (subject to hydrolysis) is 2. The van der Waals surface area contributed by atoms with Crippen LogP contribution in [0.4, 0.5) is 27.2 Å². The zero-order chi connectivity index (χ0) is 52.0. The second kappa shape index (κ2) is 22.7. The van der Waals surface area contributed by atoms with Gasteiger partial charge in [-0.15, -0.1) is 22.7 Å². The van der Waals surface area contributed by atoms with Crippen molar-refractivity contribution < 1.29 is 46.5 Å². The molecule has 1 aliphatic heterocycles. The third-order valence-corrected chi connectivity index (χ3v) is 13.2. The molecule has 12 nitrogen and oxygen atoms in total. The molecule has 7 rings (SSSR count). The summed E-state index contributed by atoms with van der Waals surface area (Å²) in [4.78, 5) is 33.7. The van der Waals surface area contributed by atoms with E-state index >= 15 is 0 Å². The topological polar surface area (TPSA) is 173 Å². The van der Waals surface area contributed by atoms with E-state index in [4.69, 9.17) is 24.9 Å². The highest BCUT2D eigenvalue weighted by molar-refractivity contribution is 7.10. The van der Waals surface area contributed by atoms with Gasteiger partial charge in [0.15, 0.2) is 0 Å². The lowest BCUT2D eigenvalue weighted by atomic mass is 9.91. The van der Waals surface area contributed by atoms with Crippen LogP contribution < -0.4 is 21.7 Å². The van der Waals surface area contributed by atoms with Gasteiger partial charge in [-0.05, 0) is 139 Å². The predicted molar refractivity (Wildman–Crippen MR) is 267 cm³/mol. The fraction of sp³-hybridized carbons (Fsp3) is 0.615. The summed E-state index contributed by atoms with van der Waals surface area (Å²) >= 11 is 3.34. The van der Waals surface area contributed by atoms with Crippen LogP contribution in [-0.4, -0.2) is 75.9 Å². The molecule has 4 atom stereocenters. The van der Waals surface area contributed by atoms with Crippen molar-refractivity contribution in [2.24, 2.45) is 16.6 Å². The van der Waals surface area contributed by atoms with Crippen LogP contribution in [-0.2, 0) is 51.0 Å². The summed E-state index contributed by atoms with van der Waals surface area (Å²) < 4.78 is 69.6. The Morgan fingerprint density at radius 3 is 1.56 bits per heavy atom. The standard InChI is InChI=1S/C26H37F2N3O3S.C15H19F2NO3.C11H18N2S/c1-24(2,3)13-19-15-35-22(30-19)26(7-8-26)29-14-21(32)20(31-23(33)34-25(4,5)6)11-16-9-17(27)12-18(28)10-16;1-15(2,3)21-14(19)18-12(13-8-20-13)6-9-4-10(16)7-11(17)5-9;1-10(2,3)6-8-7-14-9(13-8)11(12)4-5-11/h9-10,12,15,20-21,29,32H,7-8,11,13-14H2,1-6H3,(H,31,33);4-5,7,12-13H,6,8H2,1-3H3,(H,18,19);7H,4-6,12H2,1-3H3. The van der Waals surface area contributed by atoms with Crippen LogP contribution >= 0.6 is 22.7 Å². The average Bonchev–Trinajstić information content (AvgIpc) is 4.14. The minimum Gasteiger partial charge on any atom is -0.444 e. The lowest BCUT2D eigenvalue weighted by Gasteiger charge is -2.28. The summed E-state index contributed by atoms with van der Waals surface area (Å²) in [5.74, 6) is -2.71. The van der Waals surface area contributed by atoms with Crippen LogP contribution in [0.5, 0.6) is 0 Å². The average molecular weight is 1020 g/mol. The number of aliphatic hydroxyl groups excluding tert-OH is 1. The highest BCUT2D eigenvalue weighted by atomic mass is 32.1. The molecular weight excluding hydrogens is 945 g/mol. The van der Waals surface area contributed by atoms with Gasteiger partial charge in [-0.25, -0.2) is 37.1 Å². The Bertz CT molecular complexity index is 2330. The van der Waals surface area contributed by atoms with Gasteiger partial charge < -0.3 is 41.0 Å². The zero-order valence-electron chi connectivity index (χ0n) is 42.8. The van der Waals surface area contributed by atoms with Crippen molar-refractivity contribution in [2.75, 3.05) is 13.2 Å². The first kappa shape index (κ1) is 56.7. The quantitative estimate of drug-likeness (QED) is 0.0570. The van der Waals surface area contributed by atoms with Gasteiger partial charge in [0, 0.05) is 29.4 Å². The second-order valence-electron chi connectivity index (χ2n) is 23.3. The second-order valence-corrected chi connectivity index (χ2v) is 25.0. The number of epoxide rings is 1. The number of hydrogen-bond acceptors (Lipinski definition) is 12. The molecule has 2 aromatic carbocycles. The molecule has 4 aromatic rings. The van der Waals surface area contributed by atoms with E-state index in [1.54, 1.807) is 64.2 Å². The molecule has 4 unspecified atom stereocenters. The molecule has 70 heavy (non-hydrogen) atoms. The molecule has 388 valence electrons. The number of nitrogens with two attached hydrogens (primary N) is 1. The van der Waals surface area contributed by atoms with Gasteiger partial charge >= 0.3 is 12.2 Å². The predicted octanol–water partition coefficient (Wildman–Crippen LogP) is 10.6. The summed E-state index contributed by atoms with van der Waals surface area (Å²) in [5, 5.41) is 26.2.